The van der Waals surface area contributed by atoms with Crippen LogP contribution in [0.2, 0.25) is 0 Å². The van der Waals surface area contributed by atoms with Crippen LogP contribution in [0, 0.1) is 0 Å². The molecule has 0 spiro atoms. The predicted octanol–water partition coefficient (Wildman–Crippen LogP) is 2.71. The van der Waals surface area contributed by atoms with Crippen LogP contribution in [0.5, 0.6) is 0 Å². The molecule has 0 saturated carbocycles. The van der Waals surface area contributed by atoms with Crippen molar-refractivity contribution in [3.05, 3.63) is 48.5 Å². The van der Waals surface area contributed by atoms with Crippen LogP contribution >= 0.6 is 0 Å². The molecule has 9 heteroatoms. The Balaban J connectivity index is 1.50. The van der Waals surface area contributed by atoms with E-state index < -0.39 is 10.0 Å². The molecule has 3 aromatic rings. The van der Waals surface area contributed by atoms with E-state index in [2.05, 4.69) is 15.3 Å². The summed E-state index contributed by atoms with van der Waals surface area (Å²) in [5.41, 5.74) is 2.17. The normalized spacial score (nSPS) is 15.4. The van der Waals surface area contributed by atoms with E-state index in [0.717, 1.165) is 30.6 Å². The minimum atomic E-state index is -3.50. The van der Waals surface area contributed by atoms with Crippen molar-refractivity contribution in [2.24, 2.45) is 7.05 Å². The Hall–Kier alpha value is -2.78. The first-order valence-electron chi connectivity index (χ1n) is 10.1. The molecule has 0 unspecified atom stereocenters. The van der Waals surface area contributed by atoms with Gasteiger partial charge in [-0.2, -0.15) is 4.31 Å². The van der Waals surface area contributed by atoms with Crippen molar-refractivity contribution >= 4 is 32.7 Å². The summed E-state index contributed by atoms with van der Waals surface area (Å²) in [6.45, 7) is 1.14. The molecule has 1 saturated heterocycles. The molecule has 3 heterocycles. The van der Waals surface area contributed by atoms with Crippen molar-refractivity contribution in [1.82, 2.24) is 18.8 Å². The van der Waals surface area contributed by atoms with Gasteiger partial charge in [0.05, 0.1) is 15.9 Å². The van der Waals surface area contributed by atoms with E-state index in [0.29, 0.717) is 30.7 Å². The van der Waals surface area contributed by atoms with Gasteiger partial charge >= 0.3 is 0 Å². The molecular weight excluding hydrogens is 402 g/mol. The highest BCUT2D eigenvalue weighted by atomic mass is 32.2. The highest BCUT2D eigenvalue weighted by Gasteiger charge is 2.26. The first-order valence-corrected chi connectivity index (χ1v) is 11.5. The summed E-state index contributed by atoms with van der Waals surface area (Å²) in [6, 6.07) is 8.54. The molecule has 1 amide bonds. The fraction of sp³-hybridized carbons (Fsp3) is 0.381. The van der Waals surface area contributed by atoms with E-state index in [-0.39, 0.29) is 17.2 Å². The van der Waals surface area contributed by atoms with Crippen LogP contribution < -0.4 is 5.32 Å². The molecule has 1 N–H and O–H groups in total. The van der Waals surface area contributed by atoms with Gasteiger partial charge in [-0.1, -0.05) is 6.42 Å². The smallest absolute Gasteiger partial charge is 0.243 e. The number of benzene rings is 1. The van der Waals surface area contributed by atoms with Gasteiger partial charge in [0, 0.05) is 51.1 Å². The van der Waals surface area contributed by atoms with Gasteiger partial charge < -0.3 is 9.88 Å². The average Bonchev–Trinajstić information content (AvgIpc) is 3.08. The summed E-state index contributed by atoms with van der Waals surface area (Å²) in [5.74, 6) is 0.629. The second-order valence-electron chi connectivity index (χ2n) is 7.49. The third kappa shape index (κ3) is 4.22. The maximum Gasteiger partial charge on any atom is 0.243 e. The molecule has 1 aliphatic heterocycles. The van der Waals surface area contributed by atoms with E-state index >= 15 is 0 Å². The standard InChI is InChI=1S/C21H25N5O3S/c1-25-19-6-5-17(30(28,29)26-13-3-2-4-14-26)15-18(19)24-20(25)7-8-21(27)23-16-9-11-22-12-10-16/h5-6,9-12,15H,2-4,7-8,13-14H2,1H3,(H,22,23,27). The third-order valence-electron chi connectivity index (χ3n) is 5.44. The zero-order valence-electron chi connectivity index (χ0n) is 16.9. The lowest BCUT2D eigenvalue weighted by Gasteiger charge is -2.25. The Morgan fingerprint density at radius 2 is 1.83 bits per heavy atom. The topological polar surface area (TPSA) is 97.2 Å². The highest BCUT2D eigenvalue weighted by Crippen LogP contribution is 2.25. The summed E-state index contributed by atoms with van der Waals surface area (Å²) in [5, 5.41) is 2.83. The molecule has 30 heavy (non-hydrogen) atoms. The lowest BCUT2D eigenvalue weighted by Crippen LogP contribution is -2.35. The van der Waals surface area contributed by atoms with E-state index in [4.69, 9.17) is 0 Å². The number of nitrogens with one attached hydrogen (secondary N) is 1. The van der Waals surface area contributed by atoms with Gasteiger partial charge in [-0.05, 0) is 43.2 Å². The van der Waals surface area contributed by atoms with Crippen LogP contribution in [0.3, 0.4) is 0 Å². The lowest BCUT2D eigenvalue weighted by atomic mass is 10.2. The number of anilines is 1. The number of aryl methyl sites for hydroxylation is 2. The number of nitrogens with zero attached hydrogens (tertiary/aromatic N) is 4. The number of carbonyl (C=O) groups is 1. The lowest BCUT2D eigenvalue weighted by molar-refractivity contribution is -0.116. The van der Waals surface area contributed by atoms with Gasteiger partial charge in [0.25, 0.3) is 0 Å². The van der Waals surface area contributed by atoms with Gasteiger partial charge in [0.2, 0.25) is 15.9 Å². The van der Waals surface area contributed by atoms with Gasteiger partial charge in [0.15, 0.2) is 0 Å². The number of rotatable bonds is 6. The van der Waals surface area contributed by atoms with Crippen molar-refractivity contribution in [2.75, 3.05) is 18.4 Å². The SMILES string of the molecule is Cn1c(CCC(=O)Nc2ccncc2)nc2cc(S(=O)(=O)N3CCCCC3)ccc21. The van der Waals surface area contributed by atoms with Crippen molar-refractivity contribution in [2.45, 2.75) is 37.0 Å². The first-order chi connectivity index (χ1) is 14.4. The Labute approximate surface area is 176 Å². The predicted molar refractivity (Wildman–Crippen MR) is 115 cm³/mol. The maximum atomic E-state index is 12.9. The van der Waals surface area contributed by atoms with Gasteiger partial charge in [0.1, 0.15) is 5.82 Å². The Morgan fingerprint density at radius 1 is 1.10 bits per heavy atom. The summed E-state index contributed by atoms with van der Waals surface area (Å²) in [7, 11) is -1.62. The van der Waals surface area contributed by atoms with Crippen molar-refractivity contribution < 1.29 is 13.2 Å². The number of pyridine rings is 1. The van der Waals surface area contributed by atoms with Gasteiger partial charge in [-0.3, -0.25) is 9.78 Å². The number of hydrogen-bond acceptors (Lipinski definition) is 5. The summed E-state index contributed by atoms with van der Waals surface area (Å²) in [6.07, 6.45) is 6.85. The third-order valence-corrected chi connectivity index (χ3v) is 7.33. The van der Waals surface area contributed by atoms with E-state index in [9.17, 15) is 13.2 Å². The number of imidazole rings is 1. The number of aromatic nitrogens is 3. The number of carbonyl (C=O) groups excluding carboxylic acids is 1. The molecule has 1 fully saturated rings. The zero-order chi connectivity index (χ0) is 21.1. The number of amides is 1. The van der Waals surface area contributed by atoms with Crippen LogP contribution in [-0.2, 0) is 28.3 Å². The Bertz CT molecular complexity index is 1150. The molecule has 158 valence electrons. The summed E-state index contributed by atoms with van der Waals surface area (Å²) < 4.78 is 29.4. The Morgan fingerprint density at radius 3 is 2.57 bits per heavy atom. The van der Waals surface area contributed by atoms with Crippen LogP contribution in [0.25, 0.3) is 11.0 Å². The highest BCUT2D eigenvalue weighted by molar-refractivity contribution is 7.89. The van der Waals surface area contributed by atoms with Crippen LogP contribution in [0.1, 0.15) is 31.5 Å². The molecule has 0 atom stereocenters. The molecule has 1 aliphatic rings. The fourth-order valence-corrected chi connectivity index (χ4v) is 5.29. The molecule has 2 aromatic heterocycles. The van der Waals surface area contributed by atoms with E-state index in [1.165, 1.54) is 0 Å². The monoisotopic (exact) mass is 427 g/mol. The summed E-state index contributed by atoms with van der Waals surface area (Å²) in [4.78, 5) is 21.0. The van der Waals surface area contributed by atoms with E-state index in [1.54, 1.807) is 47.0 Å². The van der Waals surface area contributed by atoms with Crippen LogP contribution in [-0.4, -0.2) is 46.3 Å². The van der Waals surface area contributed by atoms with Crippen LogP contribution in [0.15, 0.2) is 47.6 Å². The fourth-order valence-electron chi connectivity index (χ4n) is 3.75. The molecule has 0 radical (unpaired) electrons. The minimum Gasteiger partial charge on any atom is -0.331 e. The van der Waals surface area contributed by atoms with Crippen molar-refractivity contribution in [3.8, 4) is 0 Å². The molecular formula is C21H25N5O3S. The number of sulfonamides is 1. The molecule has 0 bridgehead atoms. The van der Waals surface area contributed by atoms with E-state index in [1.807, 2.05) is 11.6 Å². The molecule has 0 aliphatic carbocycles. The number of hydrogen-bond donors (Lipinski definition) is 1. The molecule has 1 aromatic carbocycles. The zero-order valence-corrected chi connectivity index (χ0v) is 17.7. The molecule has 4 rings (SSSR count). The number of fused-ring (bicyclic) bond motifs is 1. The quantitative estimate of drug-likeness (QED) is 0.652. The minimum absolute atomic E-state index is 0.110. The first kappa shape index (κ1) is 20.5. The molecule has 8 nitrogen and oxygen atoms in total. The largest absolute Gasteiger partial charge is 0.331 e. The second kappa shape index (κ2) is 8.53. The van der Waals surface area contributed by atoms with Gasteiger partial charge in [-0.25, -0.2) is 13.4 Å². The second-order valence-corrected chi connectivity index (χ2v) is 9.42. The Kier molecular flexibility index (Phi) is 5.83. The average molecular weight is 428 g/mol. The van der Waals surface area contributed by atoms with Crippen molar-refractivity contribution in [3.63, 3.8) is 0 Å². The van der Waals surface area contributed by atoms with Crippen LogP contribution in [0.4, 0.5) is 5.69 Å². The maximum absolute atomic E-state index is 12.9. The summed E-state index contributed by atoms with van der Waals surface area (Å²) >= 11 is 0. The van der Waals surface area contributed by atoms with Crippen molar-refractivity contribution in [1.29, 1.82) is 0 Å². The van der Waals surface area contributed by atoms with Gasteiger partial charge in [-0.15, -0.1) is 0 Å². The number of piperidine rings is 1.